The van der Waals surface area contributed by atoms with E-state index in [-0.39, 0.29) is 11.1 Å². The Balaban J connectivity index is 2.35. The second-order valence-corrected chi connectivity index (χ2v) is 13.2. The van der Waals surface area contributed by atoms with Crippen LogP contribution in [0.25, 0.3) is 10.1 Å². The van der Waals surface area contributed by atoms with Crippen molar-refractivity contribution in [2.24, 2.45) is 0 Å². The van der Waals surface area contributed by atoms with E-state index in [2.05, 4.69) is 83.3 Å². The van der Waals surface area contributed by atoms with Crippen LogP contribution in [-0.2, 0) is 4.43 Å². The van der Waals surface area contributed by atoms with E-state index in [0.29, 0.717) is 0 Å². The highest BCUT2D eigenvalue weighted by molar-refractivity contribution is 7.19. The summed E-state index contributed by atoms with van der Waals surface area (Å²) in [6.07, 6.45) is 5.59. The van der Waals surface area contributed by atoms with Gasteiger partial charge in [-0.3, -0.25) is 0 Å². The van der Waals surface area contributed by atoms with E-state index in [1.54, 1.807) is 0 Å². The van der Waals surface area contributed by atoms with E-state index in [1.165, 1.54) is 15.0 Å². The summed E-state index contributed by atoms with van der Waals surface area (Å²) >= 11 is 1.85. The summed E-state index contributed by atoms with van der Waals surface area (Å²) < 4.78 is 8.02. The molecule has 0 N–H and O–H groups in total. The van der Waals surface area contributed by atoms with Gasteiger partial charge in [-0.15, -0.1) is 11.3 Å². The summed E-state index contributed by atoms with van der Waals surface area (Å²) in [4.78, 5) is 1.32. The molecule has 0 saturated carbocycles. The number of benzene rings is 1. The zero-order valence-corrected chi connectivity index (χ0v) is 16.5. The van der Waals surface area contributed by atoms with Crippen LogP contribution in [0.2, 0.25) is 18.1 Å². The van der Waals surface area contributed by atoms with Crippen molar-refractivity contribution < 1.29 is 4.43 Å². The molecule has 120 valence electrons. The minimum Gasteiger partial charge on any atom is -0.406 e. The first kappa shape index (κ1) is 17.5. The van der Waals surface area contributed by atoms with Gasteiger partial charge in [-0.25, -0.2) is 0 Å². The van der Waals surface area contributed by atoms with Gasteiger partial charge in [-0.2, -0.15) is 0 Å². The van der Waals surface area contributed by atoms with Crippen molar-refractivity contribution in [3.05, 3.63) is 47.4 Å². The Bertz CT molecular complexity index is 616. The Labute approximate surface area is 140 Å². The second kappa shape index (κ2) is 6.69. The lowest BCUT2D eigenvalue weighted by Crippen LogP contribution is -2.41. The predicted octanol–water partition coefficient (Wildman–Crippen LogP) is 6.93. The third kappa shape index (κ3) is 3.89. The van der Waals surface area contributed by atoms with Crippen LogP contribution < -0.4 is 0 Å². The van der Waals surface area contributed by atoms with Crippen molar-refractivity contribution in [1.29, 1.82) is 0 Å². The van der Waals surface area contributed by atoms with E-state index in [1.807, 2.05) is 11.3 Å². The fraction of sp³-hybridized carbons (Fsp3) is 0.474. The van der Waals surface area contributed by atoms with Crippen LogP contribution in [0, 0.1) is 0 Å². The van der Waals surface area contributed by atoms with Crippen molar-refractivity contribution in [2.45, 2.75) is 58.4 Å². The van der Waals surface area contributed by atoms with Crippen LogP contribution in [0.4, 0.5) is 0 Å². The van der Waals surface area contributed by atoms with Crippen LogP contribution in [-0.4, -0.2) is 8.32 Å². The number of fused-ring (bicyclic) bond motifs is 1. The molecule has 1 aromatic carbocycles. The normalized spacial score (nSPS) is 14.8. The number of hydrogen-bond donors (Lipinski definition) is 0. The fourth-order valence-electron chi connectivity index (χ4n) is 2.09. The first-order valence-electron chi connectivity index (χ1n) is 8.07. The van der Waals surface area contributed by atoms with Gasteiger partial charge >= 0.3 is 0 Å². The lowest BCUT2D eigenvalue weighted by Gasteiger charge is -2.38. The predicted molar refractivity (Wildman–Crippen MR) is 102 cm³/mol. The molecule has 1 heterocycles. The van der Waals surface area contributed by atoms with Crippen LogP contribution >= 0.6 is 11.3 Å². The SMILES string of the molecule is CC/C=C/[C@@H](O[Si](C)(C)C(C)(C)C)c1cc2ccccc2s1. The standard InChI is InChI=1S/C19H28OSSi/c1-7-8-12-16(20-22(5,6)19(2,3)4)18-14-15-11-9-10-13-17(15)21-18/h8-14,16H,7H2,1-6H3/b12-8+/t16-/m1/s1. The Kier molecular flexibility index (Phi) is 5.31. The van der Waals surface area contributed by atoms with Crippen molar-refractivity contribution in [2.75, 3.05) is 0 Å². The van der Waals surface area contributed by atoms with E-state index < -0.39 is 8.32 Å². The molecule has 1 aromatic heterocycles. The van der Waals surface area contributed by atoms with Gasteiger partial charge in [-0.1, -0.05) is 58.0 Å². The van der Waals surface area contributed by atoms with E-state index in [4.69, 9.17) is 4.43 Å². The monoisotopic (exact) mass is 332 g/mol. The summed E-state index contributed by atoms with van der Waals surface area (Å²) in [6, 6.07) is 10.9. The molecule has 0 unspecified atom stereocenters. The molecule has 3 heteroatoms. The first-order chi connectivity index (χ1) is 10.2. The molecule has 1 atom stereocenters. The van der Waals surface area contributed by atoms with Crippen LogP contribution in [0.15, 0.2) is 42.5 Å². The zero-order valence-electron chi connectivity index (χ0n) is 14.6. The molecule has 2 rings (SSSR count). The van der Waals surface area contributed by atoms with Crippen molar-refractivity contribution in [3.63, 3.8) is 0 Å². The summed E-state index contributed by atoms with van der Waals surface area (Å²) in [6.45, 7) is 13.7. The van der Waals surface area contributed by atoms with Crippen molar-refractivity contribution in [3.8, 4) is 0 Å². The van der Waals surface area contributed by atoms with Gasteiger partial charge in [0.05, 0.1) is 6.10 Å². The largest absolute Gasteiger partial charge is 0.406 e. The Hall–Kier alpha value is -0.903. The maximum absolute atomic E-state index is 6.68. The highest BCUT2D eigenvalue weighted by atomic mass is 32.1. The third-order valence-electron chi connectivity index (χ3n) is 4.50. The van der Waals surface area contributed by atoms with Gasteiger partial charge < -0.3 is 4.43 Å². The first-order valence-corrected chi connectivity index (χ1v) is 11.8. The molecule has 0 radical (unpaired) electrons. The lowest BCUT2D eigenvalue weighted by molar-refractivity contribution is 0.233. The molecule has 0 aliphatic carbocycles. The molecule has 0 bridgehead atoms. The minimum absolute atomic E-state index is 0.0817. The third-order valence-corrected chi connectivity index (χ3v) is 10.1. The summed E-state index contributed by atoms with van der Waals surface area (Å²) in [5.74, 6) is 0. The van der Waals surface area contributed by atoms with Gasteiger partial charge in [0.15, 0.2) is 8.32 Å². The molecule has 0 spiro atoms. The molecule has 22 heavy (non-hydrogen) atoms. The topological polar surface area (TPSA) is 9.23 Å². The van der Waals surface area contributed by atoms with Gasteiger partial charge in [0, 0.05) is 9.58 Å². The second-order valence-electron chi connectivity index (χ2n) is 7.32. The van der Waals surface area contributed by atoms with E-state index in [0.717, 1.165) is 6.42 Å². The lowest BCUT2D eigenvalue weighted by atomic mass is 10.2. The molecule has 1 nitrogen and oxygen atoms in total. The summed E-state index contributed by atoms with van der Waals surface area (Å²) in [5.41, 5.74) is 0. The van der Waals surface area contributed by atoms with E-state index >= 15 is 0 Å². The average Bonchev–Trinajstić information content (AvgIpc) is 2.85. The molecule has 0 fully saturated rings. The smallest absolute Gasteiger partial charge is 0.193 e. The zero-order chi connectivity index (χ0) is 16.4. The van der Waals surface area contributed by atoms with Gasteiger partial charge in [0.25, 0.3) is 0 Å². The minimum atomic E-state index is -1.79. The molecule has 2 aromatic rings. The van der Waals surface area contributed by atoms with Gasteiger partial charge in [0.1, 0.15) is 0 Å². The maximum Gasteiger partial charge on any atom is 0.193 e. The van der Waals surface area contributed by atoms with Crippen molar-refractivity contribution in [1.82, 2.24) is 0 Å². The maximum atomic E-state index is 6.68. The number of thiophene rings is 1. The molecular weight excluding hydrogens is 304 g/mol. The fourth-order valence-corrected chi connectivity index (χ4v) is 4.44. The Morgan fingerprint density at radius 3 is 2.50 bits per heavy atom. The highest BCUT2D eigenvalue weighted by Gasteiger charge is 2.39. The highest BCUT2D eigenvalue weighted by Crippen LogP contribution is 2.42. The van der Waals surface area contributed by atoms with E-state index in [9.17, 15) is 0 Å². The number of rotatable bonds is 5. The summed E-state index contributed by atoms with van der Waals surface area (Å²) in [5, 5.41) is 1.54. The quantitative estimate of drug-likeness (QED) is 0.426. The van der Waals surface area contributed by atoms with Crippen LogP contribution in [0.5, 0.6) is 0 Å². The number of hydrogen-bond acceptors (Lipinski definition) is 2. The molecule has 0 amide bonds. The van der Waals surface area contributed by atoms with Crippen LogP contribution in [0.1, 0.15) is 45.1 Å². The average molecular weight is 333 g/mol. The van der Waals surface area contributed by atoms with Crippen LogP contribution in [0.3, 0.4) is 0 Å². The number of allylic oxidation sites excluding steroid dienone is 1. The molecule has 0 aliphatic rings. The Morgan fingerprint density at radius 1 is 1.23 bits per heavy atom. The van der Waals surface area contributed by atoms with Crippen molar-refractivity contribution >= 4 is 29.7 Å². The molecular formula is C19H28OSSi. The van der Waals surface area contributed by atoms with Gasteiger partial charge in [-0.05, 0) is 42.1 Å². The molecule has 0 saturated heterocycles. The molecule has 0 aliphatic heterocycles. The Morgan fingerprint density at radius 2 is 1.91 bits per heavy atom. The summed E-state index contributed by atoms with van der Waals surface area (Å²) in [7, 11) is -1.79. The van der Waals surface area contributed by atoms with Gasteiger partial charge in [0.2, 0.25) is 0 Å².